The molecule has 0 radical (unpaired) electrons. The molecule has 8 heteroatoms. The maximum absolute atomic E-state index is 6.38. The van der Waals surface area contributed by atoms with Crippen molar-refractivity contribution in [1.29, 1.82) is 0 Å². The van der Waals surface area contributed by atoms with Gasteiger partial charge in [-0.2, -0.15) is 0 Å². The maximum atomic E-state index is 6.38. The highest BCUT2D eigenvalue weighted by atomic mass is 16.7. The van der Waals surface area contributed by atoms with Gasteiger partial charge < -0.3 is 33.5 Å². The van der Waals surface area contributed by atoms with Crippen LogP contribution in [-0.4, -0.2) is 82.2 Å². The third-order valence-corrected chi connectivity index (χ3v) is 7.37. The lowest BCUT2D eigenvalue weighted by Gasteiger charge is -2.18. The number of benzene rings is 3. The summed E-state index contributed by atoms with van der Waals surface area (Å²) < 4.78 is 29.6. The van der Waals surface area contributed by atoms with Crippen LogP contribution in [0.1, 0.15) is 19.3 Å². The molecule has 0 atom stereocenters. The number of pyridine rings is 1. The van der Waals surface area contributed by atoms with E-state index in [0.717, 1.165) is 63.5 Å². The standard InChI is InChI=1S/C30H35N3O5/c1-32(2)12-14-35-27-17-23-21-8-7-20-15-26-28(38-19-37-26)16-22(20)29(21)31-30(24(23)18-25(27)34-3)36-13-6-11-33-9-4-5-10-33/h7-8,15-18H,4-6,9-14,19H2,1-3H3. The zero-order valence-corrected chi connectivity index (χ0v) is 22.4. The number of ether oxygens (including phenoxy) is 5. The fraction of sp³-hybridized carbons (Fsp3) is 0.433. The average molecular weight is 518 g/mol. The van der Waals surface area contributed by atoms with Crippen molar-refractivity contribution in [2.75, 3.05) is 67.4 Å². The van der Waals surface area contributed by atoms with Crippen molar-refractivity contribution in [3.63, 3.8) is 0 Å². The number of rotatable bonds is 10. The molecule has 6 rings (SSSR count). The van der Waals surface area contributed by atoms with Crippen LogP contribution in [0.5, 0.6) is 28.9 Å². The molecule has 0 aliphatic carbocycles. The molecule has 1 aromatic heterocycles. The largest absolute Gasteiger partial charge is 0.493 e. The fourth-order valence-electron chi connectivity index (χ4n) is 5.34. The lowest BCUT2D eigenvalue weighted by Crippen LogP contribution is -2.22. The number of hydrogen-bond donors (Lipinski definition) is 0. The Morgan fingerprint density at radius 3 is 2.45 bits per heavy atom. The molecular formula is C30H35N3O5. The van der Waals surface area contributed by atoms with Crippen LogP contribution in [0.2, 0.25) is 0 Å². The number of hydrogen-bond acceptors (Lipinski definition) is 8. The van der Waals surface area contributed by atoms with E-state index in [1.807, 2.05) is 32.3 Å². The fourth-order valence-corrected chi connectivity index (χ4v) is 5.34. The molecule has 1 fully saturated rings. The van der Waals surface area contributed by atoms with Crippen molar-refractivity contribution in [3.05, 3.63) is 36.4 Å². The number of methoxy groups -OCH3 is 1. The van der Waals surface area contributed by atoms with Crippen molar-refractivity contribution < 1.29 is 23.7 Å². The highest BCUT2D eigenvalue weighted by Crippen LogP contribution is 2.43. The summed E-state index contributed by atoms with van der Waals surface area (Å²) in [6.45, 7) is 5.63. The topological polar surface area (TPSA) is 65.5 Å². The van der Waals surface area contributed by atoms with Crippen molar-refractivity contribution in [2.45, 2.75) is 19.3 Å². The van der Waals surface area contributed by atoms with Crippen LogP contribution in [0, 0.1) is 0 Å². The maximum Gasteiger partial charge on any atom is 0.231 e. The van der Waals surface area contributed by atoms with Gasteiger partial charge in [0.15, 0.2) is 23.0 Å². The van der Waals surface area contributed by atoms with E-state index in [-0.39, 0.29) is 6.79 Å². The molecule has 0 bridgehead atoms. The summed E-state index contributed by atoms with van der Waals surface area (Å²) in [6, 6.07) is 12.3. The molecule has 0 N–H and O–H groups in total. The normalized spacial score (nSPS) is 15.3. The summed E-state index contributed by atoms with van der Waals surface area (Å²) in [5.41, 5.74) is 0.868. The molecule has 38 heavy (non-hydrogen) atoms. The van der Waals surface area contributed by atoms with Crippen LogP contribution in [0.25, 0.3) is 32.4 Å². The molecule has 0 unspecified atom stereocenters. The Labute approximate surface area is 223 Å². The van der Waals surface area contributed by atoms with Crippen LogP contribution in [-0.2, 0) is 0 Å². The van der Waals surface area contributed by atoms with Gasteiger partial charge in [0.2, 0.25) is 12.7 Å². The first-order chi connectivity index (χ1) is 18.6. The highest BCUT2D eigenvalue weighted by molar-refractivity contribution is 6.17. The quantitative estimate of drug-likeness (QED) is 0.213. The number of fused-ring (bicyclic) bond motifs is 6. The molecule has 200 valence electrons. The minimum absolute atomic E-state index is 0.235. The van der Waals surface area contributed by atoms with Gasteiger partial charge in [0.05, 0.1) is 19.2 Å². The third-order valence-electron chi connectivity index (χ3n) is 7.37. The van der Waals surface area contributed by atoms with Crippen molar-refractivity contribution in [3.8, 4) is 28.9 Å². The van der Waals surface area contributed by atoms with Gasteiger partial charge in [0, 0.05) is 34.6 Å². The van der Waals surface area contributed by atoms with Gasteiger partial charge in [-0.15, -0.1) is 0 Å². The summed E-state index contributed by atoms with van der Waals surface area (Å²) in [5.74, 6) is 3.49. The first kappa shape index (κ1) is 24.8. The van der Waals surface area contributed by atoms with Crippen molar-refractivity contribution in [2.24, 2.45) is 0 Å². The highest BCUT2D eigenvalue weighted by Gasteiger charge is 2.20. The summed E-state index contributed by atoms with van der Waals surface area (Å²) in [4.78, 5) is 9.68. The molecule has 4 aromatic rings. The zero-order chi connectivity index (χ0) is 26.1. The molecule has 3 heterocycles. The molecule has 0 amide bonds. The lowest BCUT2D eigenvalue weighted by molar-refractivity contribution is 0.174. The van der Waals surface area contributed by atoms with Gasteiger partial charge in [-0.1, -0.05) is 12.1 Å². The first-order valence-electron chi connectivity index (χ1n) is 13.4. The molecule has 2 aliphatic heterocycles. The average Bonchev–Trinajstić information content (AvgIpc) is 3.61. The second-order valence-electron chi connectivity index (χ2n) is 10.3. The van der Waals surface area contributed by atoms with Gasteiger partial charge in [-0.25, -0.2) is 4.98 Å². The Hall–Kier alpha value is -3.49. The van der Waals surface area contributed by atoms with Crippen LogP contribution in [0.15, 0.2) is 36.4 Å². The molecule has 8 nitrogen and oxygen atoms in total. The minimum atomic E-state index is 0.235. The lowest BCUT2D eigenvalue weighted by atomic mass is 10.0. The third kappa shape index (κ3) is 4.86. The number of likely N-dealkylation sites (N-methyl/N-ethyl adjacent to an activating group) is 1. The van der Waals surface area contributed by atoms with Crippen LogP contribution in [0.3, 0.4) is 0 Å². The molecule has 1 saturated heterocycles. The first-order valence-corrected chi connectivity index (χ1v) is 13.4. The Morgan fingerprint density at radius 1 is 0.868 bits per heavy atom. The van der Waals surface area contributed by atoms with Gasteiger partial charge in [0.1, 0.15) is 6.61 Å². The van der Waals surface area contributed by atoms with E-state index >= 15 is 0 Å². The van der Waals surface area contributed by atoms with Crippen LogP contribution < -0.4 is 23.7 Å². The number of likely N-dealkylation sites (tertiary alicyclic amines) is 1. The van der Waals surface area contributed by atoms with E-state index in [1.54, 1.807) is 7.11 Å². The molecule has 0 saturated carbocycles. The van der Waals surface area contributed by atoms with Crippen molar-refractivity contribution in [1.82, 2.24) is 14.8 Å². The van der Waals surface area contributed by atoms with E-state index in [1.165, 1.54) is 25.9 Å². The minimum Gasteiger partial charge on any atom is -0.493 e. The summed E-state index contributed by atoms with van der Waals surface area (Å²) in [7, 11) is 5.73. The summed E-state index contributed by atoms with van der Waals surface area (Å²) in [6.07, 6.45) is 3.54. The predicted molar refractivity (Wildman–Crippen MR) is 149 cm³/mol. The second-order valence-corrected chi connectivity index (χ2v) is 10.3. The monoisotopic (exact) mass is 517 g/mol. The molecular weight excluding hydrogens is 482 g/mol. The zero-order valence-electron chi connectivity index (χ0n) is 22.4. The Kier molecular flexibility index (Phi) is 7.00. The Bertz CT molecular complexity index is 1470. The van der Waals surface area contributed by atoms with E-state index in [4.69, 9.17) is 28.7 Å². The van der Waals surface area contributed by atoms with Gasteiger partial charge in [-0.3, -0.25) is 0 Å². The predicted octanol–water partition coefficient (Wildman–Crippen LogP) is 5.08. The number of nitrogens with zero attached hydrogens (tertiary/aromatic N) is 3. The van der Waals surface area contributed by atoms with E-state index in [0.29, 0.717) is 30.6 Å². The van der Waals surface area contributed by atoms with E-state index < -0.39 is 0 Å². The van der Waals surface area contributed by atoms with Gasteiger partial charge >= 0.3 is 0 Å². The summed E-state index contributed by atoms with van der Waals surface area (Å²) in [5, 5.41) is 5.00. The number of aromatic nitrogens is 1. The molecule has 0 spiro atoms. The van der Waals surface area contributed by atoms with E-state index in [9.17, 15) is 0 Å². The Morgan fingerprint density at radius 2 is 1.66 bits per heavy atom. The SMILES string of the molecule is COc1cc2c(OCCCN3CCCC3)nc3c4cc5c(cc4ccc3c2cc1OCCN(C)C)OCO5. The van der Waals surface area contributed by atoms with Crippen LogP contribution >= 0.6 is 0 Å². The molecule has 2 aliphatic rings. The second kappa shape index (κ2) is 10.7. The van der Waals surface area contributed by atoms with Crippen LogP contribution in [0.4, 0.5) is 0 Å². The molecule has 3 aromatic carbocycles. The summed E-state index contributed by atoms with van der Waals surface area (Å²) >= 11 is 0. The van der Waals surface area contributed by atoms with Gasteiger partial charge in [-0.05, 0) is 76.1 Å². The van der Waals surface area contributed by atoms with Crippen molar-refractivity contribution >= 4 is 32.4 Å². The smallest absolute Gasteiger partial charge is 0.231 e. The van der Waals surface area contributed by atoms with Gasteiger partial charge in [0.25, 0.3) is 0 Å². The Balaban J connectivity index is 1.44. The van der Waals surface area contributed by atoms with E-state index in [2.05, 4.69) is 28.0 Å².